The van der Waals surface area contributed by atoms with Crippen molar-refractivity contribution < 1.29 is 9.90 Å². The number of carboxylic acid groups (broad SMARTS) is 1. The predicted octanol–water partition coefficient (Wildman–Crippen LogP) is 3.32. The SMILES string of the molecule is CC(C)=NNc1nc(-c2ccc(C(=O)O)cc2)cs1. The van der Waals surface area contributed by atoms with Gasteiger partial charge in [0.1, 0.15) is 0 Å². The number of hydrogen-bond acceptors (Lipinski definition) is 5. The van der Waals surface area contributed by atoms with E-state index in [1.165, 1.54) is 11.3 Å². The molecule has 0 atom stereocenters. The Kier molecular flexibility index (Phi) is 3.91. The van der Waals surface area contributed by atoms with E-state index in [2.05, 4.69) is 15.5 Å². The molecule has 98 valence electrons. The van der Waals surface area contributed by atoms with Crippen molar-refractivity contribution >= 4 is 28.1 Å². The van der Waals surface area contributed by atoms with Crippen LogP contribution >= 0.6 is 11.3 Å². The summed E-state index contributed by atoms with van der Waals surface area (Å²) in [4.78, 5) is 15.1. The number of anilines is 1. The Morgan fingerprint density at radius 2 is 2.00 bits per heavy atom. The molecule has 6 heteroatoms. The van der Waals surface area contributed by atoms with Crippen molar-refractivity contribution in [3.05, 3.63) is 35.2 Å². The van der Waals surface area contributed by atoms with Crippen LogP contribution in [0.3, 0.4) is 0 Å². The first-order valence-corrected chi connectivity index (χ1v) is 6.50. The van der Waals surface area contributed by atoms with E-state index in [0.717, 1.165) is 17.0 Å². The minimum Gasteiger partial charge on any atom is -0.478 e. The molecule has 2 aromatic rings. The van der Waals surface area contributed by atoms with Gasteiger partial charge in [-0.05, 0) is 26.0 Å². The zero-order chi connectivity index (χ0) is 13.8. The molecule has 0 aliphatic carbocycles. The molecule has 0 spiro atoms. The lowest BCUT2D eigenvalue weighted by molar-refractivity contribution is 0.0697. The maximum atomic E-state index is 10.8. The van der Waals surface area contributed by atoms with Gasteiger partial charge in [0, 0.05) is 16.7 Å². The van der Waals surface area contributed by atoms with Crippen LogP contribution in [0.25, 0.3) is 11.3 Å². The molecule has 0 radical (unpaired) electrons. The van der Waals surface area contributed by atoms with Crippen LogP contribution in [0.15, 0.2) is 34.7 Å². The number of rotatable bonds is 4. The standard InChI is InChI=1S/C13H13N3O2S/c1-8(2)15-16-13-14-11(7-19-13)9-3-5-10(6-4-9)12(17)18/h3-7H,1-2H3,(H,14,16)(H,17,18). The van der Waals surface area contributed by atoms with Crippen molar-refractivity contribution in [2.45, 2.75) is 13.8 Å². The van der Waals surface area contributed by atoms with Crippen LogP contribution in [0.5, 0.6) is 0 Å². The number of nitrogens with one attached hydrogen (secondary N) is 1. The Morgan fingerprint density at radius 3 is 2.58 bits per heavy atom. The van der Waals surface area contributed by atoms with E-state index >= 15 is 0 Å². The largest absolute Gasteiger partial charge is 0.478 e. The van der Waals surface area contributed by atoms with Gasteiger partial charge < -0.3 is 5.11 Å². The van der Waals surface area contributed by atoms with Gasteiger partial charge in [0.25, 0.3) is 0 Å². The lowest BCUT2D eigenvalue weighted by Crippen LogP contribution is -1.95. The summed E-state index contributed by atoms with van der Waals surface area (Å²) in [6, 6.07) is 6.63. The van der Waals surface area contributed by atoms with Crippen LogP contribution in [0.2, 0.25) is 0 Å². The molecule has 19 heavy (non-hydrogen) atoms. The van der Waals surface area contributed by atoms with Crippen molar-refractivity contribution in [2.24, 2.45) is 5.10 Å². The number of nitrogens with zero attached hydrogens (tertiary/aromatic N) is 2. The van der Waals surface area contributed by atoms with Gasteiger partial charge in [0.05, 0.1) is 11.3 Å². The third-order valence-electron chi connectivity index (χ3n) is 2.31. The van der Waals surface area contributed by atoms with E-state index in [4.69, 9.17) is 5.11 Å². The molecule has 0 saturated carbocycles. The molecule has 0 amide bonds. The summed E-state index contributed by atoms with van der Waals surface area (Å²) in [5, 5.41) is 15.5. The van der Waals surface area contributed by atoms with Crippen LogP contribution in [0, 0.1) is 0 Å². The highest BCUT2D eigenvalue weighted by Crippen LogP contribution is 2.25. The molecule has 0 aliphatic heterocycles. The van der Waals surface area contributed by atoms with Gasteiger partial charge in [0.15, 0.2) is 0 Å². The molecule has 1 aromatic carbocycles. The molecule has 1 heterocycles. The van der Waals surface area contributed by atoms with Gasteiger partial charge in [-0.1, -0.05) is 12.1 Å². The topological polar surface area (TPSA) is 74.6 Å². The second-order valence-corrected chi connectivity index (χ2v) is 4.95. The zero-order valence-corrected chi connectivity index (χ0v) is 11.4. The van der Waals surface area contributed by atoms with Crippen LogP contribution in [-0.2, 0) is 0 Å². The maximum absolute atomic E-state index is 10.8. The first kappa shape index (κ1) is 13.2. The summed E-state index contributed by atoms with van der Waals surface area (Å²) < 4.78 is 0. The third-order valence-corrected chi connectivity index (χ3v) is 3.05. The Bertz CT molecular complexity index is 613. The van der Waals surface area contributed by atoms with E-state index in [1.807, 2.05) is 19.2 Å². The van der Waals surface area contributed by atoms with Gasteiger partial charge in [-0.25, -0.2) is 9.78 Å². The number of hydrogen-bond donors (Lipinski definition) is 2. The van der Waals surface area contributed by atoms with Gasteiger partial charge in [-0.3, -0.25) is 5.43 Å². The highest BCUT2D eigenvalue weighted by Gasteiger charge is 2.06. The number of benzene rings is 1. The summed E-state index contributed by atoms with van der Waals surface area (Å²) in [5.74, 6) is -0.931. The van der Waals surface area contributed by atoms with Crippen molar-refractivity contribution in [1.82, 2.24) is 4.98 Å². The van der Waals surface area contributed by atoms with E-state index in [0.29, 0.717) is 5.13 Å². The van der Waals surface area contributed by atoms with Gasteiger partial charge in [-0.15, -0.1) is 11.3 Å². The van der Waals surface area contributed by atoms with Gasteiger partial charge >= 0.3 is 5.97 Å². The molecule has 0 aliphatic rings. The molecule has 1 aromatic heterocycles. The maximum Gasteiger partial charge on any atom is 0.335 e. The van der Waals surface area contributed by atoms with Gasteiger partial charge in [0.2, 0.25) is 5.13 Å². The molecule has 0 saturated heterocycles. The number of carboxylic acids is 1. The first-order valence-electron chi connectivity index (χ1n) is 5.62. The van der Waals surface area contributed by atoms with E-state index < -0.39 is 5.97 Å². The van der Waals surface area contributed by atoms with Crippen LogP contribution in [0.4, 0.5) is 5.13 Å². The van der Waals surface area contributed by atoms with E-state index in [9.17, 15) is 4.79 Å². The van der Waals surface area contributed by atoms with Crippen LogP contribution < -0.4 is 5.43 Å². The number of thiazole rings is 1. The van der Waals surface area contributed by atoms with E-state index in [-0.39, 0.29) is 5.56 Å². The Labute approximate surface area is 114 Å². The molecular formula is C13H13N3O2S. The fraction of sp³-hybridized carbons (Fsp3) is 0.154. The quantitative estimate of drug-likeness (QED) is 0.663. The van der Waals surface area contributed by atoms with Gasteiger partial charge in [-0.2, -0.15) is 5.10 Å². The van der Waals surface area contributed by atoms with Crippen molar-refractivity contribution in [3.8, 4) is 11.3 Å². The summed E-state index contributed by atoms with van der Waals surface area (Å²) in [5.41, 5.74) is 5.73. The number of aromatic nitrogens is 1. The monoisotopic (exact) mass is 275 g/mol. The minimum atomic E-state index is -0.931. The molecule has 2 N–H and O–H groups in total. The zero-order valence-electron chi connectivity index (χ0n) is 10.5. The molecule has 2 rings (SSSR count). The Balaban J connectivity index is 2.18. The van der Waals surface area contributed by atoms with Crippen molar-refractivity contribution in [3.63, 3.8) is 0 Å². The lowest BCUT2D eigenvalue weighted by atomic mass is 10.1. The summed E-state index contributed by atoms with van der Waals surface area (Å²) in [6.45, 7) is 3.79. The molecule has 5 nitrogen and oxygen atoms in total. The summed E-state index contributed by atoms with van der Waals surface area (Å²) >= 11 is 1.45. The third kappa shape index (κ3) is 3.38. The number of carbonyl (C=O) groups is 1. The molecule has 0 unspecified atom stereocenters. The second kappa shape index (κ2) is 5.62. The smallest absolute Gasteiger partial charge is 0.335 e. The fourth-order valence-corrected chi connectivity index (χ4v) is 2.06. The average molecular weight is 275 g/mol. The highest BCUT2D eigenvalue weighted by molar-refractivity contribution is 7.14. The van der Waals surface area contributed by atoms with Crippen LogP contribution in [0.1, 0.15) is 24.2 Å². The van der Waals surface area contributed by atoms with Crippen molar-refractivity contribution in [1.29, 1.82) is 0 Å². The molecular weight excluding hydrogens is 262 g/mol. The second-order valence-electron chi connectivity index (χ2n) is 4.09. The first-order chi connectivity index (χ1) is 9.06. The summed E-state index contributed by atoms with van der Waals surface area (Å²) in [7, 11) is 0. The predicted molar refractivity (Wildman–Crippen MR) is 76.9 cm³/mol. The van der Waals surface area contributed by atoms with Crippen molar-refractivity contribution in [2.75, 3.05) is 5.43 Å². The minimum absolute atomic E-state index is 0.267. The van der Waals surface area contributed by atoms with Crippen LogP contribution in [-0.4, -0.2) is 21.8 Å². The Morgan fingerprint density at radius 1 is 1.32 bits per heavy atom. The number of aromatic carboxylic acids is 1. The number of hydrazone groups is 1. The molecule has 0 fully saturated rings. The average Bonchev–Trinajstić information content (AvgIpc) is 2.85. The Hall–Kier alpha value is -2.21. The summed E-state index contributed by atoms with van der Waals surface area (Å²) in [6.07, 6.45) is 0. The van der Waals surface area contributed by atoms with E-state index in [1.54, 1.807) is 24.3 Å². The fourth-order valence-electron chi connectivity index (χ4n) is 1.40. The highest BCUT2D eigenvalue weighted by atomic mass is 32.1. The lowest BCUT2D eigenvalue weighted by Gasteiger charge is -1.98. The normalized spacial score (nSPS) is 10.0. The molecule has 0 bridgehead atoms.